The summed E-state index contributed by atoms with van der Waals surface area (Å²) in [7, 11) is 0. The van der Waals surface area contributed by atoms with E-state index in [0.717, 1.165) is 11.1 Å². The maximum Gasteiger partial charge on any atom is 0.170 e. The van der Waals surface area contributed by atoms with Crippen molar-refractivity contribution in [3.8, 4) is 11.5 Å². The first-order chi connectivity index (χ1) is 9.61. The van der Waals surface area contributed by atoms with Crippen molar-refractivity contribution in [2.24, 2.45) is 0 Å². The van der Waals surface area contributed by atoms with Crippen LogP contribution in [0.25, 0.3) is 22.5 Å². The highest BCUT2D eigenvalue weighted by Gasteiger charge is 2.11. The average Bonchev–Trinajstić information content (AvgIpc) is 3.01. The van der Waals surface area contributed by atoms with Gasteiger partial charge in [-0.25, -0.2) is 4.39 Å². The number of hydrogen-bond acceptors (Lipinski definition) is 3. The predicted molar refractivity (Wildman–Crippen MR) is 75.8 cm³/mol. The molecular weight excluding hydrogens is 257 g/mol. The van der Waals surface area contributed by atoms with Crippen LogP contribution >= 0.6 is 0 Å². The summed E-state index contributed by atoms with van der Waals surface area (Å²) >= 11 is 0. The van der Waals surface area contributed by atoms with Gasteiger partial charge in [0.1, 0.15) is 17.2 Å². The molecule has 0 aliphatic rings. The van der Waals surface area contributed by atoms with E-state index in [1.807, 2.05) is 12.1 Å². The lowest BCUT2D eigenvalue weighted by Gasteiger charge is -2.04. The molecule has 1 aromatic carbocycles. The van der Waals surface area contributed by atoms with Gasteiger partial charge in [0.05, 0.1) is 6.54 Å². The quantitative estimate of drug-likeness (QED) is 0.769. The summed E-state index contributed by atoms with van der Waals surface area (Å²) in [5, 5.41) is 4.02. The SMILES string of the molecule is CC(C)NCc1ccc(-c2cc3cc(F)ccc3o2)o1. The van der Waals surface area contributed by atoms with Crippen molar-refractivity contribution in [3.05, 3.63) is 48.0 Å². The third-order valence-electron chi connectivity index (χ3n) is 3.07. The van der Waals surface area contributed by atoms with Gasteiger partial charge in [0.15, 0.2) is 11.5 Å². The molecule has 20 heavy (non-hydrogen) atoms. The molecule has 0 spiro atoms. The Hall–Kier alpha value is -2.07. The van der Waals surface area contributed by atoms with Crippen molar-refractivity contribution in [1.82, 2.24) is 5.32 Å². The Morgan fingerprint density at radius 1 is 1.05 bits per heavy atom. The lowest BCUT2D eigenvalue weighted by atomic mass is 10.2. The Bertz CT molecular complexity index is 727. The second kappa shape index (κ2) is 5.13. The van der Waals surface area contributed by atoms with Crippen LogP contribution in [0.15, 0.2) is 45.2 Å². The Labute approximate surface area is 116 Å². The van der Waals surface area contributed by atoms with Gasteiger partial charge in [-0.15, -0.1) is 0 Å². The molecule has 0 bridgehead atoms. The first-order valence-corrected chi connectivity index (χ1v) is 6.63. The summed E-state index contributed by atoms with van der Waals surface area (Å²) in [5.41, 5.74) is 0.652. The molecule has 3 rings (SSSR count). The van der Waals surface area contributed by atoms with Crippen molar-refractivity contribution in [2.75, 3.05) is 0 Å². The van der Waals surface area contributed by atoms with Crippen molar-refractivity contribution in [1.29, 1.82) is 0 Å². The van der Waals surface area contributed by atoms with Gasteiger partial charge < -0.3 is 14.2 Å². The van der Waals surface area contributed by atoms with Crippen molar-refractivity contribution < 1.29 is 13.2 Å². The van der Waals surface area contributed by atoms with Crippen LogP contribution in [0.1, 0.15) is 19.6 Å². The van der Waals surface area contributed by atoms with E-state index in [4.69, 9.17) is 8.83 Å². The van der Waals surface area contributed by atoms with Crippen molar-refractivity contribution in [3.63, 3.8) is 0 Å². The molecule has 0 aliphatic heterocycles. The average molecular weight is 273 g/mol. The first-order valence-electron chi connectivity index (χ1n) is 6.63. The van der Waals surface area contributed by atoms with Crippen LogP contribution in [0.4, 0.5) is 4.39 Å². The molecule has 0 fully saturated rings. The second-order valence-electron chi connectivity index (χ2n) is 5.09. The fourth-order valence-corrected chi connectivity index (χ4v) is 2.05. The predicted octanol–water partition coefficient (Wildman–Crippen LogP) is 4.33. The number of nitrogens with one attached hydrogen (secondary N) is 1. The van der Waals surface area contributed by atoms with E-state index in [9.17, 15) is 4.39 Å². The van der Waals surface area contributed by atoms with Crippen LogP contribution in [0, 0.1) is 5.82 Å². The van der Waals surface area contributed by atoms with Gasteiger partial charge >= 0.3 is 0 Å². The minimum absolute atomic E-state index is 0.272. The first kappa shape index (κ1) is 12.9. The van der Waals surface area contributed by atoms with Gasteiger partial charge in [-0.1, -0.05) is 13.8 Å². The third kappa shape index (κ3) is 2.60. The maximum atomic E-state index is 13.2. The molecule has 0 radical (unpaired) electrons. The summed E-state index contributed by atoms with van der Waals surface area (Å²) in [6, 6.07) is 10.4. The van der Waals surface area contributed by atoms with Crippen LogP contribution in [0.5, 0.6) is 0 Å². The minimum atomic E-state index is -0.272. The zero-order valence-electron chi connectivity index (χ0n) is 11.4. The molecule has 0 saturated heterocycles. The van der Waals surface area contributed by atoms with Gasteiger partial charge in [-0.3, -0.25) is 0 Å². The topological polar surface area (TPSA) is 38.3 Å². The fourth-order valence-electron chi connectivity index (χ4n) is 2.05. The zero-order chi connectivity index (χ0) is 14.1. The molecule has 0 atom stereocenters. The van der Waals surface area contributed by atoms with E-state index in [1.54, 1.807) is 12.1 Å². The number of rotatable bonds is 4. The summed E-state index contributed by atoms with van der Waals surface area (Å²) in [4.78, 5) is 0. The van der Waals surface area contributed by atoms with E-state index in [0.29, 0.717) is 29.7 Å². The van der Waals surface area contributed by atoms with Crippen molar-refractivity contribution >= 4 is 11.0 Å². The normalized spacial score (nSPS) is 11.6. The second-order valence-corrected chi connectivity index (χ2v) is 5.09. The smallest absolute Gasteiger partial charge is 0.170 e. The van der Waals surface area contributed by atoms with Crippen molar-refractivity contribution in [2.45, 2.75) is 26.4 Å². The summed E-state index contributed by atoms with van der Waals surface area (Å²) in [6.45, 7) is 4.84. The van der Waals surface area contributed by atoms with E-state index in [2.05, 4.69) is 19.2 Å². The fraction of sp³-hybridized carbons (Fsp3) is 0.250. The van der Waals surface area contributed by atoms with Crippen LogP contribution in [0.2, 0.25) is 0 Å². The Morgan fingerprint density at radius 2 is 1.90 bits per heavy atom. The lowest BCUT2D eigenvalue weighted by molar-refractivity contribution is 0.463. The molecule has 2 aromatic heterocycles. The monoisotopic (exact) mass is 273 g/mol. The Balaban J connectivity index is 1.87. The number of halogens is 1. The Kier molecular flexibility index (Phi) is 3.32. The highest BCUT2D eigenvalue weighted by molar-refractivity contribution is 5.81. The minimum Gasteiger partial charge on any atom is -0.456 e. The van der Waals surface area contributed by atoms with Gasteiger partial charge in [-0.2, -0.15) is 0 Å². The number of benzene rings is 1. The molecule has 0 unspecified atom stereocenters. The molecule has 2 heterocycles. The van der Waals surface area contributed by atoms with E-state index >= 15 is 0 Å². The number of hydrogen-bond donors (Lipinski definition) is 1. The van der Waals surface area contributed by atoms with Crippen LogP contribution < -0.4 is 5.32 Å². The van der Waals surface area contributed by atoms with Crippen LogP contribution in [0.3, 0.4) is 0 Å². The molecule has 0 amide bonds. The lowest BCUT2D eigenvalue weighted by Crippen LogP contribution is -2.21. The van der Waals surface area contributed by atoms with Gasteiger partial charge in [0.25, 0.3) is 0 Å². The molecule has 1 N–H and O–H groups in total. The van der Waals surface area contributed by atoms with Crippen LogP contribution in [-0.2, 0) is 6.54 Å². The van der Waals surface area contributed by atoms with E-state index in [1.165, 1.54) is 12.1 Å². The number of furan rings is 2. The zero-order valence-corrected chi connectivity index (χ0v) is 11.4. The number of fused-ring (bicyclic) bond motifs is 1. The standard InChI is InChI=1S/C16H16FNO2/c1-10(2)18-9-13-4-6-15(19-13)16-8-11-7-12(17)3-5-14(11)20-16/h3-8,10,18H,9H2,1-2H3. The van der Waals surface area contributed by atoms with E-state index < -0.39 is 0 Å². The third-order valence-corrected chi connectivity index (χ3v) is 3.07. The van der Waals surface area contributed by atoms with Gasteiger partial charge in [0.2, 0.25) is 0 Å². The van der Waals surface area contributed by atoms with Gasteiger partial charge in [-0.05, 0) is 36.4 Å². The molecule has 3 aromatic rings. The highest BCUT2D eigenvalue weighted by Crippen LogP contribution is 2.29. The molecule has 0 saturated carbocycles. The molecule has 104 valence electrons. The van der Waals surface area contributed by atoms with E-state index in [-0.39, 0.29) is 5.82 Å². The summed E-state index contributed by atoms with van der Waals surface area (Å²) in [6.07, 6.45) is 0. The van der Waals surface area contributed by atoms with Gasteiger partial charge in [0, 0.05) is 11.4 Å². The molecular formula is C16H16FNO2. The summed E-state index contributed by atoms with van der Waals surface area (Å²) in [5.74, 6) is 1.84. The molecule has 3 nitrogen and oxygen atoms in total. The Morgan fingerprint density at radius 3 is 2.70 bits per heavy atom. The molecule has 0 aliphatic carbocycles. The highest BCUT2D eigenvalue weighted by atomic mass is 19.1. The molecule has 4 heteroatoms. The largest absolute Gasteiger partial charge is 0.456 e. The summed E-state index contributed by atoms with van der Waals surface area (Å²) < 4.78 is 24.6. The van der Waals surface area contributed by atoms with Crippen LogP contribution in [-0.4, -0.2) is 6.04 Å². The maximum absolute atomic E-state index is 13.2.